The average molecular weight is 459 g/mol. The molecule has 0 amide bonds. The van der Waals surface area contributed by atoms with Crippen LogP contribution >= 0.6 is 38.5 Å². The highest BCUT2D eigenvalue weighted by atomic mass is 127. The molecule has 0 spiro atoms. The van der Waals surface area contributed by atoms with Crippen molar-refractivity contribution in [2.45, 2.75) is 33.2 Å². The maximum atomic E-state index is 5.83. The van der Waals surface area contributed by atoms with Crippen molar-refractivity contribution < 1.29 is 0 Å². The maximum Gasteiger partial charge on any atom is 0.0511 e. The molecular weight excluding hydrogens is 439 g/mol. The quantitative estimate of drug-likeness (QED) is 0.395. The lowest BCUT2D eigenvalue weighted by atomic mass is 9.92. The molecule has 4 heteroatoms. The van der Waals surface area contributed by atoms with E-state index in [0.717, 1.165) is 10.9 Å². The molecule has 0 saturated heterocycles. The number of hydrazine groups is 1. The Kier molecular flexibility index (Phi) is 5.82. The van der Waals surface area contributed by atoms with Crippen LogP contribution in [0, 0.1) is 24.3 Å². The molecule has 2 rings (SSSR count). The summed E-state index contributed by atoms with van der Waals surface area (Å²) in [7, 11) is 0. The Balaban J connectivity index is 2.38. The van der Waals surface area contributed by atoms with Gasteiger partial charge in [0.1, 0.15) is 0 Å². The first-order valence-electron chi connectivity index (χ1n) is 6.90. The van der Waals surface area contributed by atoms with Crippen LogP contribution in [0.3, 0.4) is 0 Å². The van der Waals surface area contributed by atoms with E-state index in [9.17, 15) is 0 Å². The monoisotopic (exact) mass is 458 g/mol. The van der Waals surface area contributed by atoms with Gasteiger partial charge in [0.25, 0.3) is 0 Å². The Bertz CT molecular complexity index is 632. The number of hydrogen-bond acceptors (Lipinski definition) is 2. The fourth-order valence-electron chi connectivity index (χ4n) is 2.78. The minimum atomic E-state index is 0.106. The largest absolute Gasteiger partial charge is 0.271 e. The van der Waals surface area contributed by atoms with Crippen LogP contribution < -0.4 is 11.3 Å². The molecule has 0 saturated carbocycles. The summed E-state index contributed by atoms with van der Waals surface area (Å²) in [5.74, 6) is 5.83. The molecule has 0 aromatic heterocycles. The van der Waals surface area contributed by atoms with Gasteiger partial charge in [-0.2, -0.15) is 0 Å². The third-order valence-electron chi connectivity index (χ3n) is 3.78. The molecule has 0 aliphatic rings. The third kappa shape index (κ3) is 4.06. The van der Waals surface area contributed by atoms with E-state index in [2.05, 4.69) is 95.0 Å². The van der Waals surface area contributed by atoms with E-state index in [0.29, 0.717) is 0 Å². The fraction of sp³-hybridized carbons (Fsp3) is 0.294. The SMILES string of the molecule is Cc1cc(C)c(CC(NN)c2cc(Br)ccc2I)c(C)c1. The Labute approximate surface area is 148 Å². The van der Waals surface area contributed by atoms with E-state index >= 15 is 0 Å². The van der Waals surface area contributed by atoms with Crippen molar-refractivity contribution in [3.05, 3.63) is 66.2 Å². The number of halogens is 2. The molecule has 21 heavy (non-hydrogen) atoms. The van der Waals surface area contributed by atoms with Crippen molar-refractivity contribution in [2.75, 3.05) is 0 Å². The van der Waals surface area contributed by atoms with E-state index < -0.39 is 0 Å². The molecule has 2 aromatic carbocycles. The molecule has 2 aromatic rings. The summed E-state index contributed by atoms with van der Waals surface area (Å²) in [6.45, 7) is 6.49. The Hall–Kier alpha value is -0.430. The van der Waals surface area contributed by atoms with Crippen molar-refractivity contribution >= 4 is 38.5 Å². The van der Waals surface area contributed by atoms with Gasteiger partial charge in [-0.15, -0.1) is 0 Å². The van der Waals surface area contributed by atoms with Gasteiger partial charge in [-0.25, -0.2) is 0 Å². The third-order valence-corrected chi connectivity index (χ3v) is 5.26. The Morgan fingerprint density at radius 3 is 2.33 bits per heavy atom. The first kappa shape index (κ1) is 16.9. The molecule has 3 N–H and O–H groups in total. The van der Waals surface area contributed by atoms with E-state index in [4.69, 9.17) is 5.84 Å². The Morgan fingerprint density at radius 1 is 1.14 bits per heavy atom. The summed E-state index contributed by atoms with van der Waals surface area (Å²) in [5, 5.41) is 0. The molecular formula is C17H20BrIN2. The molecule has 0 aliphatic carbocycles. The predicted octanol–water partition coefficient (Wildman–Crippen LogP) is 4.73. The van der Waals surface area contributed by atoms with Gasteiger partial charge in [-0.3, -0.25) is 11.3 Å². The van der Waals surface area contributed by atoms with Gasteiger partial charge in [0.15, 0.2) is 0 Å². The lowest BCUT2D eigenvalue weighted by Crippen LogP contribution is -2.30. The van der Waals surface area contributed by atoms with Crippen LogP contribution in [0.5, 0.6) is 0 Å². The van der Waals surface area contributed by atoms with Gasteiger partial charge in [0.05, 0.1) is 6.04 Å². The zero-order chi connectivity index (χ0) is 15.6. The molecule has 0 heterocycles. The van der Waals surface area contributed by atoms with Crippen molar-refractivity contribution in [3.8, 4) is 0 Å². The van der Waals surface area contributed by atoms with Gasteiger partial charge in [0.2, 0.25) is 0 Å². The van der Waals surface area contributed by atoms with Crippen LogP contribution in [0.4, 0.5) is 0 Å². The molecule has 1 atom stereocenters. The highest BCUT2D eigenvalue weighted by molar-refractivity contribution is 14.1. The summed E-state index contributed by atoms with van der Waals surface area (Å²) in [6.07, 6.45) is 0.890. The second-order valence-electron chi connectivity index (χ2n) is 5.47. The first-order chi connectivity index (χ1) is 9.92. The normalized spacial score (nSPS) is 12.5. The number of nitrogens with one attached hydrogen (secondary N) is 1. The van der Waals surface area contributed by atoms with Crippen LogP contribution in [0.15, 0.2) is 34.8 Å². The maximum absolute atomic E-state index is 5.83. The molecule has 0 bridgehead atoms. The highest BCUT2D eigenvalue weighted by Gasteiger charge is 2.16. The van der Waals surface area contributed by atoms with Crippen molar-refractivity contribution in [1.29, 1.82) is 0 Å². The first-order valence-corrected chi connectivity index (χ1v) is 8.77. The zero-order valence-corrected chi connectivity index (χ0v) is 16.2. The van der Waals surface area contributed by atoms with Crippen molar-refractivity contribution in [2.24, 2.45) is 5.84 Å². The minimum absolute atomic E-state index is 0.106. The second kappa shape index (κ2) is 7.22. The van der Waals surface area contributed by atoms with Gasteiger partial charge in [0, 0.05) is 8.04 Å². The standard InChI is InChI=1S/C17H20BrIN2/c1-10-6-11(2)14(12(3)7-10)9-17(21-20)15-8-13(18)4-5-16(15)19/h4-8,17,21H,9,20H2,1-3H3. The van der Waals surface area contributed by atoms with Crippen LogP contribution in [-0.2, 0) is 6.42 Å². The molecule has 0 radical (unpaired) electrons. The van der Waals surface area contributed by atoms with E-state index in [1.807, 2.05) is 0 Å². The van der Waals surface area contributed by atoms with Crippen LogP contribution in [0.25, 0.3) is 0 Å². The summed E-state index contributed by atoms with van der Waals surface area (Å²) in [5.41, 5.74) is 9.55. The van der Waals surface area contributed by atoms with Gasteiger partial charge in [-0.05, 0) is 90.2 Å². The number of hydrogen-bond donors (Lipinski definition) is 2. The molecule has 1 unspecified atom stereocenters. The van der Waals surface area contributed by atoms with E-state index in [1.54, 1.807) is 0 Å². The number of aryl methyl sites for hydroxylation is 3. The smallest absolute Gasteiger partial charge is 0.0511 e. The highest BCUT2D eigenvalue weighted by Crippen LogP contribution is 2.28. The summed E-state index contributed by atoms with van der Waals surface area (Å²) < 4.78 is 2.30. The number of rotatable bonds is 4. The molecule has 0 fully saturated rings. The average Bonchev–Trinajstić information content (AvgIpc) is 2.41. The van der Waals surface area contributed by atoms with Crippen LogP contribution in [0.2, 0.25) is 0 Å². The van der Waals surface area contributed by atoms with Gasteiger partial charge >= 0.3 is 0 Å². The predicted molar refractivity (Wildman–Crippen MR) is 101 cm³/mol. The summed E-state index contributed by atoms with van der Waals surface area (Å²) in [6, 6.07) is 10.9. The van der Waals surface area contributed by atoms with Crippen molar-refractivity contribution in [1.82, 2.24) is 5.43 Å². The molecule has 0 aliphatic heterocycles. The second-order valence-corrected chi connectivity index (χ2v) is 7.54. The van der Waals surface area contributed by atoms with E-state index in [1.165, 1.54) is 31.4 Å². The lowest BCUT2D eigenvalue weighted by molar-refractivity contribution is 0.547. The summed E-state index contributed by atoms with van der Waals surface area (Å²) >= 11 is 5.91. The van der Waals surface area contributed by atoms with Crippen LogP contribution in [0.1, 0.15) is 33.9 Å². The zero-order valence-electron chi connectivity index (χ0n) is 12.5. The van der Waals surface area contributed by atoms with E-state index in [-0.39, 0.29) is 6.04 Å². The Morgan fingerprint density at radius 2 is 1.76 bits per heavy atom. The minimum Gasteiger partial charge on any atom is -0.271 e. The molecule has 2 nitrogen and oxygen atoms in total. The summed E-state index contributed by atoms with van der Waals surface area (Å²) in [4.78, 5) is 0. The fourth-order valence-corrected chi connectivity index (χ4v) is 3.87. The number of benzene rings is 2. The topological polar surface area (TPSA) is 38.0 Å². The van der Waals surface area contributed by atoms with Crippen molar-refractivity contribution in [3.63, 3.8) is 0 Å². The molecule has 112 valence electrons. The van der Waals surface area contributed by atoms with Gasteiger partial charge in [-0.1, -0.05) is 33.6 Å². The van der Waals surface area contributed by atoms with Gasteiger partial charge < -0.3 is 0 Å². The lowest BCUT2D eigenvalue weighted by Gasteiger charge is -2.21. The number of nitrogens with two attached hydrogens (primary N) is 1. The van der Waals surface area contributed by atoms with Crippen LogP contribution in [-0.4, -0.2) is 0 Å².